The van der Waals surface area contributed by atoms with Crippen molar-refractivity contribution in [1.29, 1.82) is 0 Å². The molecule has 1 aromatic heterocycles. The van der Waals surface area contributed by atoms with Crippen molar-refractivity contribution in [3.8, 4) is 0 Å². The van der Waals surface area contributed by atoms with Gasteiger partial charge in [0.05, 0.1) is 17.4 Å². The topological polar surface area (TPSA) is 57.7 Å². The molecule has 0 spiro atoms. The van der Waals surface area contributed by atoms with Gasteiger partial charge in [-0.2, -0.15) is 13.2 Å². The van der Waals surface area contributed by atoms with Gasteiger partial charge in [0.2, 0.25) is 5.91 Å². The van der Waals surface area contributed by atoms with Gasteiger partial charge >= 0.3 is 6.18 Å². The maximum atomic E-state index is 13.1. The van der Waals surface area contributed by atoms with Crippen molar-refractivity contribution < 1.29 is 26.4 Å². The second kappa shape index (κ2) is 9.20. The summed E-state index contributed by atoms with van der Waals surface area (Å²) in [4.78, 5) is 17.9. The van der Waals surface area contributed by atoms with Gasteiger partial charge < -0.3 is 9.80 Å². The van der Waals surface area contributed by atoms with Crippen LogP contribution in [0.2, 0.25) is 0 Å². The number of amides is 1. The number of rotatable bonds is 6. The number of piperazine rings is 1. The summed E-state index contributed by atoms with van der Waals surface area (Å²) in [6.07, 6.45) is -2.97. The molecule has 0 N–H and O–H groups in total. The summed E-state index contributed by atoms with van der Waals surface area (Å²) in [6, 6.07) is 8.64. The van der Waals surface area contributed by atoms with Crippen LogP contribution in [-0.4, -0.2) is 50.9 Å². The third-order valence-corrected chi connectivity index (χ3v) is 7.39. The Kier molecular flexibility index (Phi) is 7.00. The minimum absolute atomic E-state index is 0.0465. The molecule has 1 aromatic carbocycles. The van der Waals surface area contributed by atoms with Gasteiger partial charge in [0.1, 0.15) is 9.84 Å². The number of anilines is 1. The summed E-state index contributed by atoms with van der Waals surface area (Å²) in [5.74, 6) is -0.585. The maximum absolute atomic E-state index is 13.1. The van der Waals surface area contributed by atoms with Crippen molar-refractivity contribution in [2.24, 2.45) is 5.92 Å². The third-order valence-electron chi connectivity index (χ3n) is 5.44. The van der Waals surface area contributed by atoms with E-state index in [9.17, 15) is 26.4 Å². The van der Waals surface area contributed by atoms with Crippen LogP contribution in [0.3, 0.4) is 0 Å². The number of hydrogen-bond acceptors (Lipinski definition) is 5. The quantitative estimate of drug-likeness (QED) is 0.629. The van der Waals surface area contributed by atoms with Crippen LogP contribution in [0.4, 0.5) is 18.9 Å². The SMILES string of the molecule is CC(CCS(C)(=O)=O)C(=O)N1CCN(c2ccc(C(F)(F)F)cc2)CC1c1cccs1. The molecule has 0 radical (unpaired) electrons. The van der Waals surface area contributed by atoms with E-state index < -0.39 is 27.5 Å². The number of carbonyl (C=O) groups is 1. The Morgan fingerprint density at radius 1 is 1.19 bits per heavy atom. The Labute approximate surface area is 184 Å². The second-order valence-corrected chi connectivity index (χ2v) is 11.1. The van der Waals surface area contributed by atoms with Gasteiger partial charge in [-0.25, -0.2) is 8.42 Å². The lowest BCUT2D eigenvalue weighted by molar-refractivity contribution is -0.138. The Morgan fingerprint density at radius 3 is 2.42 bits per heavy atom. The lowest BCUT2D eigenvalue weighted by atomic mass is 10.0. The highest BCUT2D eigenvalue weighted by Gasteiger charge is 2.35. The summed E-state index contributed by atoms with van der Waals surface area (Å²) in [6.45, 7) is 3.08. The molecule has 1 aliphatic heterocycles. The largest absolute Gasteiger partial charge is 0.416 e. The van der Waals surface area contributed by atoms with Crippen LogP contribution in [0.15, 0.2) is 41.8 Å². The van der Waals surface area contributed by atoms with Crippen LogP contribution in [-0.2, 0) is 20.8 Å². The van der Waals surface area contributed by atoms with Crippen molar-refractivity contribution in [2.75, 3.05) is 36.5 Å². The number of nitrogens with zero attached hydrogens (tertiary/aromatic N) is 2. The minimum atomic E-state index is -4.38. The van der Waals surface area contributed by atoms with Gasteiger partial charge in [-0.1, -0.05) is 13.0 Å². The maximum Gasteiger partial charge on any atom is 0.416 e. The van der Waals surface area contributed by atoms with Gasteiger partial charge in [-0.05, 0) is 42.1 Å². The molecule has 2 heterocycles. The number of thiophene rings is 1. The van der Waals surface area contributed by atoms with E-state index in [1.54, 1.807) is 11.8 Å². The first-order chi connectivity index (χ1) is 14.5. The molecule has 2 unspecified atom stereocenters. The monoisotopic (exact) mass is 474 g/mol. The molecular formula is C21H25F3N2O3S2. The molecule has 2 aromatic rings. The van der Waals surface area contributed by atoms with E-state index in [1.165, 1.54) is 23.5 Å². The molecule has 1 fully saturated rings. The lowest BCUT2D eigenvalue weighted by Gasteiger charge is -2.43. The van der Waals surface area contributed by atoms with E-state index in [-0.39, 0.29) is 24.1 Å². The Bertz CT molecular complexity index is 990. The van der Waals surface area contributed by atoms with Gasteiger partial charge in [-0.3, -0.25) is 4.79 Å². The number of sulfone groups is 1. The summed E-state index contributed by atoms with van der Waals surface area (Å²) in [7, 11) is -3.16. The number of benzene rings is 1. The highest BCUT2D eigenvalue weighted by molar-refractivity contribution is 7.90. The predicted molar refractivity (Wildman–Crippen MR) is 116 cm³/mol. The van der Waals surface area contributed by atoms with E-state index >= 15 is 0 Å². The first-order valence-electron chi connectivity index (χ1n) is 9.89. The zero-order valence-electron chi connectivity index (χ0n) is 17.3. The van der Waals surface area contributed by atoms with Crippen LogP contribution in [0.5, 0.6) is 0 Å². The summed E-state index contributed by atoms with van der Waals surface area (Å²) < 4.78 is 61.5. The van der Waals surface area contributed by atoms with E-state index in [0.29, 0.717) is 25.3 Å². The van der Waals surface area contributed by atoms with Crippen molar-refractivity contribution in [2.45, 2.75) is 25.6 Å². The Morgan fingerprint density at radius 2 is 1.87 bits per heavy atom. The molecule has 0 bridgehead atoms. The fraction of sp³-hybridized carbons (Fsp3) is 0.476. The Balaban J connectivity index is 1.77. The fourth-order valence-electron chi connectivity index (χ4n) is 3.66. The highest BCUT2D eigenvalue weighted by atomic mass is 32.2. The molecule has 0 aliphatic carbocycles. The molecular weight excluding hydrogens is 449 g/mol. The molecule has 2 atom stereocenters. The summed E-state index contributed by atoms with van der Waals surface area (Å²) in [5.41, 5.74) is -0.0219. The van der Waals surface area contributed by atoms with E-state index in [2.05, 4.69) is 0 Å². The minimum Gasteiger partial charge on any atom is -0.367 e. The fourth-order valence-corrected chi connectivity index (χ4v) is 5.28. The average Bonchev–Trinajstić information content (AvgIpc) is 3.25. The number of halogens is 3. The van der Waals surface area contributed by atoms with Crippen LogP contribution in [0.25, 0.3) is 0 Å². The summed E-state index contributed by atoms with van der Waals surface area (Å²) >= 11 is 1.52. The van der Waals surface area contributed by atoms with Gasteiger partial charge in [0, 0.05) is 42.4 Å². The van der Waals surface area contributed by atoms with E-state index in [1.807, 2.05) is 22.4 Å². The molecule has 170 valence electrons. The molecule has 1 amide bonds. The van der Waals surface area contributed by atoms with Crippen LogP contribution in [0.1, 0.15) is 29.8 Å². The van der Waals surface area contributed by atoms with Crippen molar-refractivity contribution in [1.82, 2.24) is 4.90 Å². The molecule has 1 aliphatic rings. The van der Waals surface area contributed by atoms with Crippen molar-refractivity contribution >= 4 is 32.8 Å². The van der Waals surface area contributed by atoms with Crippen LogP contribution in [0, 0.1) is 5.92 Å². The van der Waals surface area contributed by atoms with Crippen molar-refractivity contribution in [3.05, 3.63) is 52.2 Å². The zero-order valence-corrected chi connectivity index (χ0v) is 18.9. The number of hydrogen-bond donors (Lipinski definition) is 0. The van der Waals surface area contributed by atoms with Gasteiger partial charge in [-0.15, -0.1) is 11.3 Å². The smallest absolute Gasteiger partial charge is 0.367 e. The molecule has 0 saturated carbocycles. The number of alkyl halides is 3. The molecule has 3 rings (SSSR count). The van der Waals surface area contributed by atoms with Crippen LogP contribution < -0.4 is 4.90 Å². The van der Waals surface area contributed by atoms with Crippen LogP contribution >= 0.6 is 11.3 Å². The lowest BCUT2D eigenvalue weighted by Crippen LogP contribution is -2.52. The molecule has 1 saturated heterocycles. The van der Waals surface area contributed by atoms with Gasteiger partial charge in [0.15, 0.2) is 0 Å². The van der Waals surface area contributed by atoms with Gasteiger partial charge in [0.25, 0.3) is 0 Å². The molecule has 5 nitrogen and oxygen atoms in total. The standard InChI is InChI=1S/C21H25F3N2O3S2/c1-15(9-13-31(2,28)29)20(27)26-11-10-25(14-18(26)19-4-3-12-30-19)17-7-5-16(6-8-17)21(22,23)24/h3-8,12,15,18H,9-11,13-14H2,1-2H3. The first kappa shape index (κ1) is 23.6. The third kappa shape index (κ3) is 6.00. The molecule has 31 heavy (non-hydrogen) atoms. The first-order valence-corrected chi connectivity index (χ1v) is 12.8. The summed E-state index contributed by atoms with van der Waals surface area (Å²) in [5, 5.41) is 1.92. The van der Waals surface area contributed by atoms with E-state index in [4.69, 9.17) is 0 Å². The normalized spacial score (nSPS) is 18.8. The second-order valence-electron chi connectivity index (χ2n) is 7.87. The predicted octanol–water partition coefficient (Wildman–Crippen LogP) is 4.23. The Hall–Kier alpha value is -2.07. The highest BCUT2D eigenvalue weighted by Crippen LogP contribution is 2.34. The molecule has 10 heteroatoms. The zero-order chi connectivity index (χ0) is 22.8. The average molecular weight is 475 g/mol. The number of carbonyl (C=O) groups excluding carboxylic acids is 1. The van der Waals surface area contributed by atoms with E-state index in [0.717, 1.165) is 23.3 Å². The van der Waals surface area contributed by atoms with Crippen molar-refractivity contribution in [3.63, 3.8) is 0 Å².